The average molecular weight is 515 g/mol. The van der Waals surface area contributed by atoms with Crippen LogP contribution < -0.4 is 16.2 Å². The molecule has 0 amide bonds. The van der Waals surface area contributed by atoms with E-state index in [9.17, 15) is 14.7 Å². The zero-order valence-electron chi connectivity index (χ0n) is 19.3. The molecule has 0 saturated heterocycles. The number of methoxy groups -OCH3 is 1. The number of carboxylic acids is 2. The van der Waals surface area contributed by atoms with Crippen molar-refractivity contribution in [1.82, 2.24) is 0 Å². The van der Waals surface area contributed by atoms with Crippen molar-refractivity contribution in [2.24, 2.45) is 11.5 Å². The molecule has 35 heavy (non-hydrogen) atoms. The monoisotopic (exact) mass is 514 g/mol. The van der Waals surface area contributed by atoms with E-state index in [4.69, 9.17) is 21.3 Å². The number of thiol groups is 1. The third kappa shape index (κ3) is 7.50. The van der Waals surface area contributed by atoms with E-state index in [2.05, 4.69) is 36.9 Å². The van der Waals surface area contributed by atoms with Crippen LogP contribution in [0, 0.1) is 0 Å². The maximum Gasteiger partial charge on any atom is 0.321 e. The van der Waals surface area contributed by atoms with E-state index in [1.165, 1.54) is 11.8 Å². The number of hydrogen-bond donors (Lipinski definition) is 5. The van der Waals surface area contributed by atoms with E-state index < -0.39 is 28.8 Å². The fraction of sp³-hybridized carbons (Fsp3) is 0.231. The van der Waals surface area contributed by atoms with Gasteiger partial charge < -0.3 is 26.4 Å². The van der Waals surface area contributed by atoms with Gasteiger partial charge in [-0.3, -0.25) is 9.59 Å². The Balaban J connectivity index is 0.000000540. The molecule has 0 aliphatic heterocycles. The minimum absolute atomic E-state index is 0.190. The maximum atomic E-state index is 11.4. The van der Waals surface area contributed by atoms with Crippen molar-refractivity contribution in [1.29, 1.82) is 0 Å². The summed E-state index contributed by atoms with van der Waals surface area (Å²) in [7, 11) is 1.64. The van der Waals surface area contributed by atoms with Crippen molar-refractivity contribution in [3.8, 4) is 5.75 Å². The SMILES string of the molecule is COc1ccc(C(SC[C@@H](N)C(=O)O)(c2ccccc2)c2ccccc2)cc1.N[C@H](CS)C(=O)O. The van der Waals surface area contributed by atoms with Gasteiger partial charge in [0.15, 0.2) is 0 Å². The number of carboxylic acid groups (broad SMARTS) is 2. The predicted molar refractivity (Wildman–Crippen MR) is 143 cm³/mol. The lowest BCUT2D eigenvalue weighted by Gasteiger charge is -2.36. The van der Waals surface area contributed by atoms with Crippen molar-refractivity contribution in [2.75, 3.05) is 18.6 Å². The molecule has 0 saturated carbocycles. The minimum atomic E-state index is -1.00. The average Bonchev–Trinajstić information content (AvgIpc) is 2.90. The van der Waals surface area contributed by atoms with E-state index >= 15 is 0 Å². The van der Waals surface area contributed by atoms with Crippen LogP contribution in [-0.4, -0.2) is 52.9 Å². The van der Waals surface area contributed by atoms with E-state index in [0.29, 0.717) is 0 Å². The lowest BCUT2D eigenvalue weighted by atomic mass is 9.84. The molecule has 7 nitrogen and oxygen atoms in total. The van der Waals surface area contributed by atoms with E-state index in [-0.39, 0.29) is 11.5 Å². The number of benzene rings is 3. The first-order valence-corrected chi connectivity index (χ1v) is 12.3. The Morgan fingerprint density at radius 1 is 0.829 bits per heavy atom. The van der Waals surface area contributed by atoms with Gasteiger partial charge in [-0.2, -0.15) is 12.6 Å². The molecule has 9 heteroatoms. The Kier molecular flexibility index (Phi) is 11.1. The standard InChI is InChI=1S/C23H23NO3S.C3H7NO2S/c1-27-20-14-12-19(13-15-20)23(17-8-4-2-5-9-17,18-10-6-3-7-11-18)28-16-21(24)22(25)26;4-2(1-7)3(5)6/h2-15,21H,16,24H2,1H3,(H,25,26);2,7H,1,4H2,(H,5,6)/t21-;2-/m11/s1. The van der Waals surface area contributed by atoms with Gasteiger partial charge in [-0.25, -0.2) is 0 Å². The maximum absolute atomic E-state index is 11.4. The molecule has 0 bridgehead atoms. The topological polar surface area (TPSA) is 136 Å². The summed E-state index contributed by atoms with van der Waals surface area (Å²) in [5.41, 5.74) is 14.0. The van der Waals surface area contributed by atoms with Crippen LogP contribution in [-0.2, 0) is 14.3 Å². The Morgan fingerprint density at radius 3 is 1.60 bits per heavy atom. The third-order valence-corrected chi connectivity index (χ3v) is 7.23. The van der Waals surface area contributed by atoms with Crippen molar-refractivity contribution >= 4 is 36.3 Å². The highest BCUT2D eigenvalue weighted by atomic mass is 32.2. The van der Waals surface area contributed by atoms with Crippen molar-refractivity contribution < 1.29 is 24.5 Å². The molecule has 2 atom stereocenters. The van der Waals surface area contributed by atoms with Gasteiger partial charge in [0.25, 0.3) is 0 Å². The van der Waals surface area contributed by atoms with Gasteiger partial charge in [0.05, 0.1) is 11.9 Å². The normalized spacial score (nSPS) is 12.6. The summed E-state index contributed by atoms with van der Waals surface area (Å²) in [5, 5.41) is 17.3. The number of hydrogen-bond acceptors (Lipinski definition) is 7. The molecule has 186 valence electrons. The molecule has 6 N–H and O–H groups in total. The molecular weight excluding hydrogens is 484 g/mol. The smallest absolute Gasteiger partial charge is 0.321 e. The van der Waals surface area contributed by atoms with Crippen LogP contribution in [0.15, 0.2) is 84.9 Å². The molecule has 0 aliphatic rings. The predicted octanol–water partition coefficient (Wildman–Crippen LogP) is 3.46. The molecule has 0 radical (unpaired) electrons. The largest absolute Gasteiger partial charge is 0.497 e. The van der Waals surface area contributed by atoms with Gasteiger partial charge in [0, 0.05) is 11.5 Å². The Morgan fingerprint density at radius 2 is 1.26 bits per heavy atom. The van der Waals surface area contributed by atoms with Crippen LogP contribution in [0.1, 0.15) is 16.7 Å². The van der Waals surface area contributed by atoms with Crippen LogP contribution >= 0.6 is 24.4 Å². The van der Waals surface area contributed by atoms with Gasteiger partial charge in [0.2, 0.25) is 0 Å². The summed E-state index contributed by atoms with van der Waals surface area (Å²) in [6.45, 7) is 0. The minimum Gasteiger partial charge on any atom is -0.497 e. The van der Waals surface area contributed by atoms with Crippen molar-refractivity contribution in [2.45, 2.75) is 16.8 Å². The van der Waals surface area contributed by atoms with Gasteiger partial charge in [-0.1, -0.05) is 72.8 Å². The molecule has 3 aromatic carbocycles. The Labute approximate surface area is 214 Å². The molecular formula is C26H30N2O5S2. The van der Waals surface area contributed by atoms with Gasteiger partial charge in [0.1, 0.15) is 17.8 Å². The van der Waals surface area contributed by atoms with Gasteiger partial charge in [-0.05, 0) is 28.8 Å². The first-order valence-electron chi connectivity index (χ1n) is 10.7. The van der Waals surface area contributed by atoms with E-state index in [1.807, 2.05) is 60.7 Å². The lowest BCUT2D eigenvalue weighted by Crippen LogP contribution is -2.36. The molecule has 3 rings (SSSR count). The zero-order valence-corrected chi connectivity index (χ0v) is 21.0. The summed E-state index contributed by atoms with van der Waals surface area (Å²) in [5.74, 6) is -0.779. The second kappa shape index (κ2) is 13.8. The fourth-order valence-corrected chi connectivity index (χ4v) is 4.92. The first kappa shape index (κ1) is 28.3. The van der Waals surface area contributed by atoms with Crippen molar-refractivity contribution in [3.63, 3.8) is 0 Å². The molecule has 0 spiro atoms. The summed E-state index contributed by atoms with van der Waals surface area (Å²) in [6, 6.07) is 26.3. The van der Waals surface area contributed by atoms with Crippen LogP contribution in [0.4, 0.5) is 0 Å². The Bertz CT molecular complexity index is 1030. The Hall–Kier alpha value is -2.98. The third-order valence-electron chi connectivity index (χ3n) is 5.17. The lowest BCUT2D eigenvalue weighted by molar-refractivity contribution is -0.138. The summed E-state index contributed by atoms with van der Waals surface area (Å²) in [6.07, 6.45) is 0. The van der Waals surface area contributed by atoms with Gasteiger partial charge in [-0.15, -0.1) is 11.8 Å². The van der Waals surface area contributed by atoms with Gasteiger partial charge >= 0.3 is 11.9 Å². The number of aliphatic carboxylic acids is 2. The highest BCUT2D eigenvalue weighted by molar-refractivity contribution is 8.00. The quantitative estimate of drug-likeness (QED) is 0.205. The molecule has 0 heterocycles. The molecule has 0 aromatic heterocycles. The molecule has 0 unspecified atom stereocenters. The van der Waals surface area contributed by atoms with E-state index in [1.54, 1.807) is 7.11 Å². The molecule has 3 aromatic rings. The van der Waals surface area contributed by atoms with Crippen molar-refractivity contribution in [3.05, 3.63) is 102 Å². The summed E-state index contributed by atoms with van der Waals surface area (Å²) >= 11 is 5.18. The second-order valence-corrected chi connectivity index (χ2v) is 9.12. The number of nitrogens with two attached hydrogens (primary N) is 2. The fourth-order valence-electron chi connectivity index (χ4n) is 3.29. The summed E-state index contributed by atoms with van der Waals surface area (Å²) in [4.78, 5) is 21.1. The molecule has 0 fully saturated rings. The highest BCUT2D eigenvalue weighted by Crippen LogP contribution is 2.48. The highest BCUT2D eigenvalue weighted by Gasteiger charge is 2.38. The number of thioether (sulfide) groups is 1. The van der Waals surface area contributed by atoms with Crippen LogP contribution in [0.25, 0.3) is 0 Å². The number of ether oxygens (including phenoxy) is 1. The van der Waals surface area contributed by atoms with Crippen LogP contribution in [0.2, 0.25) is 0 Å². The van der Waals surface area contributed by atoms with Crippen LogP contribution in [0.3, 0.4) is 0 Å². The number of carbonyl (C=O) groups is 2. The second-order valence-electron chi connectivity index (χ2n) is 7.52. The van der Waals surface area contributed by atoms with E-state index in [0.717, 1.165) is 22.4 Å². The summed E-state index contributed by atoms with van der Waals surface area (Å²) < 4.78 is 4.72. The first-order chi connectivity index (χ1) is 16.8. The number of rotatable bonds is 10. The zero-order chi connectivity index (χ0) is 25.8. The van der Waals surface area contributed by atoms with Crippen LogP contribution in [0.5, 0.6) is 5.75 Å². The molecule has 0 aliphatic carbocycles.